The number of hydrogen-bond acceptors (Lipinski definition) is 3. The minimum absolute atomic E-state index is 0.0698. The van der Waals surface area contributed by atoms with Crippen molar-refractivity contribution in [3.05, 3.63) is 109 Å². The van der Waals surface area contributed by atoms with Gasteiger partial charge in [0.05, 0.1) is 0 Å². The molecule has 4 rings (SSSR count). The van der Waals surface area contributed by atoms with Crippen LogP contribution in [-0.2, 0) is 11.0 Å². The highest BCUT2D eigenvalue weighted by Gasteiger charge is 2.45. The van der Waals surface area contributed by atoms with Crippen molar-refractivity contribution in [3.8, 4) is 11.8 Å². The second-order valence-corrected chi connectivity index (χ2v) is 9.28. The predicted molar refractivity (Wildman–Crippen MR) is 126 cm³/mol. The summed E-state index contributed by atoms with van der Waals surface area (Å²) in [6.45, 7) is 15.9. The summed E-state index contributed by atoms with van der Waals surface area (Å²) in [5, 5.41) is 30.5. The molecule has 0 saturated carbocycles. The van der Waals surface area contributed by atoms with Crippen molar-refractivity contribution in [1.29, 1.82) is 5.26 Å². The fraction of sp³-hybridized carbons (Fsp3) is 0.179. The summed E-state index contributed by atoms with van der Waals surface area (Å²) in [5.41, 5.74) is -5.21. The molecule has 1 aliphatic carbocycles. The largest absolute Gasteiger partial charge is 0.508 e. The third kappa shape index (κ3) is 3.26. The van der Waals surface area contributed by atoms with Crippen LogP contribution in [0, 0.1) is 35.4 Å². The Morgan fingerprint density at radius 2 is 1.78 bits per heavy atom. The van der Waals surface area contributed by atoms with E-state index in [0.29, 0.717) is 21.6 Å². The van der Waals surface area contributed by atoms with E-state index in [1.54, 1.807) is 18.2 Å². The summed E-state index contributed by atoms with van der Waals surface area (Å²) in [6.07, 6.45) is 0. The molecule has 1 unspecified atom stereocenters. The van der Waals surface area contributed by atoms with Gasteiger partial charge >= 0.3 is 11.5 Å². The van der Waals surface area contributed by atoms with Gasteiger partial charge in [0.15, 0.2) is 17.7 Å². The summed E-state index contributed by atoms with van der Waals surface area (Å²) in [5.74, 6) is -7.35. The number of carbonyl (C=O) groups is 1. The molecule has 0 fully saturated rings. The number of nitrogens with zero attached hydrogens (tertiary/aromatic N) is 2. The van der Waals surface area contributed by atoms with E-state index < -0.39 is 51.1 Å². The molecule has 3 aromatic carbocycles. The minimum atomic E-state index is -2.47. The summed E-state index contributed by atoms with van der Waals surface area (Å²) < 4.78 is 46.7. The van der Waals surface area contributed by atoms with E-state index in [1.807, 2.05) is 13.8 Å². The Labute approximate surface area is 204 Å². The average Bonchev–Trinajstić information content (AvgIpc) is 2.82. The Balaban J connectivity index is 2.38. The molecule has 0 aromatic heterocycles. The van der Waals surface area contributed by atoms with Gasteiger partial charge in [0.1, 0.15) is 22.7 Å². The van der Waals surface area contributed by atoms with E-state index >= 15 is 13.2 Å². The van der Waals surface area contributed by atoms with Crippen LogP contribution >= 0.6 is 0 Å². The number of carboxylic acids is 1. The third-order valence-electron chi connectivity index (χ3n) is 6.69. The number of benzene rings is 3. The number of aromatic carboxylic acids is 1. The number of aromatic hydroxyl groups is 1. The molecular weight excluding hydrogens is 469 g/mol. The van der Waals surface area contributed by atoms with E-state index in [9.17, 15) is 20.3 Å². The molecule has 8 heteroatoms. The Kier molecular flexibility index (Phi) is 5.46. The van der Waals surface area contributed by atoms with Crippen LogP contribution in [0.25, 0.3) is 17.0 Å². The highest BCUT2D eigenvalue weighted by molar-refractivity contribution is 5.99. The number of carboxylic acid groups (broad SMARTS) is 1. The molecule has 180 valence electrons. The summed E-state index contributed by atoms with van der Waals surface area (Å²) in [6, 6.07) is 10.6. The number of hydrogen-bond donors (Lipinski definition) is 2. The maximum absolute atomic E-state index is 16.3. The number of fused-ring (bicyclic) bond motifs is 2. The third-order valence-corrected chi connectivity index (χ3v) is 6.69. The van der Waals surface area contributed by atoms with Gasteiger partial charge in [-0.05, 0) is 39.3 Å². The normalized spacial score (nSPS) is 15.2. The Morgan fingerprint density at radius 3 is 2.36 bits per heavy atom. The van der Waals surface area contributed by atoms with E-state index in [1.165, 1.54) is 24.3 Å². The Bertz CT molecular complexity index is 1680. The molecule has 1 aliphatic rings. The van der Waals surface area contributed by atoms with Crippen molar-refractivity contribution in [1.82, 2.24) is 0 Å². The number of rotatable bonds is 3. The maximum Gasteiger partial charge on any atom is 0.343 e. The first-order valence-corrected chi connectivity index (χ1v) is 10.7. The van der Waals surface area contributed by atoms with Gasteiger partial charge in [0.2, 0.25) is 0 Å². The first kappa shape index (κ1) is 24.6. The fourth-order valence-corrected chi connectivity index (χ4v) is 4.81. The first-order chi connectivity index (χ1) is 16.8. The van der Waals surface area contributed by atoms with E-state index in [2.05, 4.69) is 11.4 Å². The van der Waals surface area contributed by atoms with Gasteiger partial charge in [-0.1, -0.05) is 44.7 Å². The number of nitriles is 1. The predicted octanol–water partition coefficient (Wildman–Crippen LogP) is 4.46. The average molecular weight is 488 g/mol. The van der Waals surface area contributed by atoms with Crippen LogP contribution in [0.4, 0.5) is 13.2 Å². The molecule has 3 aromatic rings. The lowest BCUT2D eigenvalue weighted by Gasteiger charge is -2.35. The molecule has 0 saturated heterocycles. The van der Waals surface area contributed by atoms with Crippen molar-refractivity contribution in [2.75, 3.05) is 0 Å². The van der Waals surface area contributed by atoms with Crippen LogP contribution in [0.15, 0.2) is 36.4 Å². The molecule has 0 heterocycles. The quantitative estimate of drug-likeness (QED) is 0.421. The Hall–Kier alpha value is -4.56. The molecule has 0 amide bonds. The van der Waals surface area contributed by atoms with E-state index in [4.69, 9.17) is 6.57 Å². The summed E-state index contributed by atoms with van der Waals surface area (Å²) in [4.78, 5) is 15.2. The van der Waals surface area contributed by atoms with Crippen molar-refractivity contribution < 1.29 is 28.2 Å². The minimum Gasteiger partial charge on any atom is -0.508 e. The molecule has 0 spiro atoms. The molecular formula is C28H19F3N2O3. The molecule has 0 aliphatic heterocycles. The van der Waals surface area contributed by atoms with Crippen LogP contribution in [0.3, 0.4) is 0 Å². The smallest absolute Gasteiger partial charge is 0.343 e. The van der Waals surface area contributed by atoms with Crippen molar-refractivity contribution >= 4 is 18.1 Å². The lowest BCUT2D eigenvalue weighted by molar-refractivity contribution is 0.0689. The monoisotopic (exact) mass is 488 g/mol. The van der Waals surface area contributed by atoms with Crippen molar-refractivity contribution in [3.63, 3.8) is 0 Å². The second kappa shape index (κ2) is 8.00. The van der Waals surface area contributed by atoms with Crippen molar-refractivity contribution in [2.45, 2.75) is 31.7 Å². The molecule has 0 bridgehead atoms. The standard InChI is InChI=1S/C28H19F3N2O3/c1-13-6-8-15-17(10-13)27(2,3)18-11-14(34)7-9-16(18)19(15)20-21(26(35)36)24(30)25(31)22(23(20)29)28(4,12-32)33-5/h6-11,34H,1H2,2-4H3,(H,35,36). The molecule has 0 radical (unpaired) electrons. The van der Waals surface area contributed by atoms with Gasteiger partial charge in [-0.3, -0.25) is 4.85 Å². The second-order valence-electron chi connectivity index (χ2n) is 9.28. The SMILES string of the molecule is [C-]#[N+]C(C)(C#N)c1c(F)c(F)c(C(=O)O)c(C2=c3ccc(=C)cc3C(C)(C)c3cc(O)ccc32)c1F. The lowest BCUT2D eigenvalue weighted by atomic mass is 9.68. The van der Waals surface area contributed by atoms with Crippen LogP contribution in [0.1, 0.15) is 58.9 Å². The number of halogens is 3. The van der Waals surface area contributed by atoms with Gasteiger partial charge in [0, 0.05) is 23.5 Å². The highest BCUT2D eigenvalue weighted by Crippen LogP contribution is 2.44. The highest BCUT2D eigenvalue weighted by atomic mass is 19.2. The molecule has 2 N–H and O–H groups in total. The zero-order valence-corrected chi connectivity index (χ0v) is 19.5. The van der Waals surface area contributed by atoms with Gasteiger partial charge in [-0.2, -0.15) is 5.26 Å². The van der Waals surface area contributed by atoms with Gasteiger partial charge < -0.3 is 10.2 Å². The first-order valence-electron chi connectivity index (χ1n) is 10.7. The van der Waals surface area contributed by atoms with Crippen LogP contribution in [0.5, 0.6) is 5.75 Å². The Morgan fingerprint density at radius 1 is 1.11 bits per heavy atom. The number of phenolic OH excluding ortho intramolecular Hbond substituents is 1. The lowest BCUT2D eigenvalue weighted by Crippen LogP contribution is -2.36. The molecule has 36 heavy (non-hydrogen) atoms. The van der Waals surface area contributed by atoms with Crippen molar-refractivity contribution in [2.24, 2.45) is 0 Å². The maximum atomic E-state index is 16.3. The molecule has 1 atom stereocenters. The van der Waals surface area contributed by atoms with E-state index in [0.717, 1.165) is 6.92 Å². The zero-order chi connectivity index (χ0) is 26.7. The zero-order valence-electron chi connectivity index (χ0n) is 19.5. The number of phenols is 1. The van der Waals surface area contributed by atoms with E-state index in [-0.39, 0.29) is 16.9 Å². The molecule has 5 nitrogen and oxygen atoms in total. The van der Waals surface area contributed by atoms with Gasteiger partial charge in [-0.15, -0.1) is 0 Å². The fourth-order valence-electron chi connectivity index (χ4n) is 4.81. The topological polar surface area (TPSA) is 85.7 Å². The van der Waals surface area contributed by atoms with Gasteiger partial charge in [0.25, 0.3) is 0 Å². The van der Waals surface area contributed by atoms with Crippen LogP contribution < -0.4 is 10.4 Å². The summed E-state index contributed by atoms with van der Waals surface area (Å²) in [7, 11) is 0. The van der Waals surface area contributed by atoms with Gasteiger partial charge in [-0.25, -0.2) is 24.5 Å². The van der Waals surface area contributed by atoms with Crippen LogP contribution in [-0.4, -0.2) is 16.2 Å². The summed E-state index contributed by atoms with van der Waals surface area (Å²) >= 11 is 0. The van der Waals surface area contributed by atoms with Crippen LogP contribution in [0.2, 0.25) is 0 Å².